The zero-order valence-corrected chi connectivity index (χ0v) is 24.7. The molecule has 2 aromatic carbocycles. The standard InChI is InChI=1S/C32H43N5O2/c1-19(2)26-13-12-20(3)28(14-26)39-18-27-25(8)34-31(30-21(4)10-9-11-22(30)5)35-32(27)37-16-23(6)36(15-24(37)7)17-29(33)38/h9-14,19,23-24H,15-18H2,1-8H3,(H2,33,38)/t23-,24+/m1/s1. The van der Waals surface area contributed by atoms with Crippen LogP contribution in [-0.4, -0.2) is 52.5 Å². The van der Waals surface area contributed by atoms with Gasteiger partial charge in [-0.15, -0.1) is 0 Å². The molecule has 0 bridgehead atoms. The van der Waals surface area contributed by atoms with Gasteiger partial charge < -0.3 is 15.4 Å². The van der Waals surface area contributed by atoms with E-state index in [-0.39, 0.29) is 24.5 Å². The first-order valence-electron chi connectivity index (χ1n) is 13.9. The molecule has 2 N–H and O–H groups in total. The summed E-state index contributed by atoms with van der Waals surface area (Å²) in [5, 5.41) is 0. The average molecular weight is 530 g/mol. The molecule has 0 radical (unpaired) electrons. The van der Waals surface area contributed by atoms with Crippen molar-refractivity contribution in [3.05, 3.63) is 69.9 Å². The number of ether oxygens (including phenoxy) is 1. The van der Waals surface area contributed by atoms with Gasteiger partial charge in [0.25, 0.3) is 0 Å². The first-order chi connectivity index (χ1) is 18.5. The van der Waals surface area contributed by atoms with Crippen molar-refractivity contribution in [1.82, 2.24) is 14.9 Å². The molecular formula is C32H43N5O2. The van der Waals surface area contributed by atoms with Crippen molar-refractivity contribution in [2.24, 2.45) is 5.73 Å². The minimum absolute atomic E-state index is 0.130. The van der Waals surface area contributed by atoms with Crippen LogP contribution in [0.3, 0.4) is 0 Å². The number of hydrogen-bond donors (Lipinski definition) is 1. The van der Waals surface area contributed by atoms with Crippen molar-refractivity contribution >= 4 is 11.7 Å². The van der Waals surface area contributed by atoms with Gasteiger partial charge >= 0.3 is 0 Å². The molecule has 3 aromatic rings. The van der Waals surface area contributed by atoms with Crippen LogP contribution in [0.2, 0.25) is 0 Å². The molecule has 0 spiro atoms. The van der Waals surface area contributed by atoms with E-state index >= 15 is 0 Å². The van der Waals surface area contributed by atoms with Gasteiger partial charge in [-0.2, -0.15) is 0 Å². The van der Waals surface area contributed by atoms with E-state index in [9.17, 15) is 4.79 Å². The quantitative estimate of drug-likeness (QED) is 0.417. The van der Waals surface area contributed by atoms with E-state index in [0.717, 1.165) is 64.0 Å². The lowest BCUT2D eigenvalue weighted by atomic mass is 10.0. The number of rotatable bonds is 8. The Morgan fingerprint density at radius 1 is 1.00 bits per heavy atom. The predicted molar refractivity (Wildman–Crippen MR) is 158 cm³/mol. The molecule has 4 rings (SSSR count). The van der Waals surface area contributed by atoms with Gasteiger partial charge in [-0.3, -0.25) is 9.69 Å². The highest BCUT2D eigenvalue weighted by molar-refractivity contribution is 5.76. The molecule has 7 heteroatoms. The van der Waals surface area contributed by atoms with Gasteiger partial charge in [0, 0.05) is 30.7 Å². The lowest BCUT2D eigenvalue weighted by Crippen LogP contribution is -2.58. The molecular weight excluding hydrogens is 486 g/mol. The van der Waals surface area contributed by atoms with Gasteiger partial charge in [-0.05, 0) is 75.8 Å². The number of carbonyl (C=O) groups excluding carboxylic acids is 1. The highest BCUT2D eigenvalue weighted by Crippen LogP contribution is 2.33. The highest BCUT2D eigenvalue weighted by atomic mass is 16.5. The van der Waals surface area contributed by atoms with Crippen molar-refractivity contribution in [2.75, 3.05) is 24.5 Å². The van der Waals surface area contributed by atoms with E-state index in [2.05, 4.69) is 102 Å². The van der Waals surface area contributed by atoms with Gasteiger partial charge in [0.2, 0.25) is 5.91 Å². The molecule has 1 aliphatic rings. The van der Waals surface area contributed by atoms with E-state index in [1.54, 1.807) is 0 Å². The Labute approximate surface area is 233 Å². The molecule has 2 heterocycles. The number of piperazine rings is 1. The van der Waals surface area contributed by atoms with E-state index in [4.69, 9.17) is 20.4 Å². The normalized spacial score (nSPS) is 18.0. The summed E-state index contributed by atoms with van der Waals surface area (Å²) in [5.74, 6) is 2.64. The molecule has 1 saturated heterocycles. The molecule has 1 aromatic heterocycles. The third-order valence-electron chi connectivity index (χ3n) is 7.89. The Balaban J connectivity index is 1.77. The van der Waals surface area contributed by atoms with Gasteiger partial charge in [0.15, 0.2) is 5.82 Å². The fraction of sp³-hybridized carbons (Fsp3) is 0.469. The third-order valence-corrected chi connectivity index (χ3v) is 7.89. The molecule has 1 aliphatic heterocycles. The van der Waals surface area contributed by atoms with Gasteiger partial charge in [-0.1, -0.05) is 44.2 Å². The fourth-order valence-corrected chi connectivity index (χ4v) is 5.46. The summed E-state index contributed by atoms with van der Waals surface area (Å²) in [4.78, 5) is 26.4. The highest BCUT2D eigenvalue weighted by Gasteiger charge is 2.33. The summed E-state index contributed by atoms with van der Waals surface area (Å²) in [6.07, 6.45) is 0. The number of nitrogens with zero attached hydrogens (tertiary/aromatic N) is 4. The molecule has 0 saturated carbocycles. The third kappa shape index (κ3) is 6.25. The fourth-order valence-electron chi connectivity index (χ4n) is 5.46. The Bertz CT molecular complexity index is 1330. The summed E-state index contributed by atoms with van der Waals surface area (Å²) in [7, 11) is 0. The molecule has 1 amide bonds. The van der Waals surface area contributed by atoms with Crippen LogP contribution in [0.15, 0.2) is 36.4 Å². The Morgan fingerprint density at radius 2 is 1.69 bits per heavy atom. The number of nitrogens with two attached hydrogens (primary N) is 1. The SMILES string of the molecule is Cc1ccc(C(C)C)cc1OCc1c(C)nc(-c2c(C)cccc2C)nc1N1C[C@@H](C)N(CC(N)=O)C[C@@H]1C. The van der Waals surface area contributed by atoms with Crippen LogP contribution in [0, 0.1) is 27.7 Å². The number of aryl methyl sites for hydroxylation is 4. The van der Waals surface area contributed by atoms with Crippen molar-refractivity contribution in [3.63, 3.8) is 0 Å². The smallest absolute Gasteiger partial charge is 0.231 e. The maximum absolute atomic E-state index is 11.7. The molecule has 7 nitrogen and oxygen atoms in total. The number of aromatic nitrogens is 2. The maximum atomic E-state index is 11.7. The Kier molecular flexibility index (Phi) is 8.60. The number of benzene rings is 2. The first kappa shape index (κ1) is 28.6. The summed E-state index contributed by atoms with van der Waals surface area (Å²) in [6, 6.07) is 13.0. The summed E-state index contributed by atoms with van der Waals surface area (Å²) < 4.78 is 6.48. The lowest BCUT2D eigenvalue weighted by molar-refractivity contribution is -0.119. The van der Waals surface area contributed by atoms with Crippen LogP contribution in [0.1, 0.15) is 67.1 Å². The van der Waals surface area contributed by atoms with Crippen LogP contribution in [0.5, 0.6) is 5.75 Å². The van der Waals surface area contributed by atoms with Crippen LogP contribution < -0.4 is 15.4 Å². The molecule has 0 unspecified atom stereocenters. The number of primary amides is 1. The molecule has 1 fully saturated rings. The van der Waals surface area contributed by atoms with E-state index in [0.29, 0.717) is 12.5 Å². The molecule has 0 aliphatic carbocycles. The maximum Gasteiger partial charge on any atom is 0.231 e. The number of hydrogen-bond acceptors (Lipinski definition) is 6. The summed E-state index contributed by atoms with van der Waals surface area (Å²) >= 11 is 0. The lowest BCUT2D eigenvalue weighted by Gasteiger charge is -2.45. The van der Waals surface area contributed by atoms with Crippen molar-refractivity contribution in [1.29, 1.82) is 0 Å². The molecule has 208 valence electrons. The second kappa shape index (κ2) is 11.7. The van der Waals surface area contributed by atoms with Gasteiger partial charge in [0.05, 0.1) is 17.8 Å². The van der Waals surface area contributed by atoms with E-state index in [1.165, 1.54) is 5.56 Å². The van der Waals surface area contributed by atoms with E-state index in [1.807, 2.05) is 0 Å². The zero-order chi connectivity index (χ0) is 28.4. The Hall–Kier alpha value is -3.45. The second-order valence-electron chi connectivity index (χ2n) is 11.4. The zero-order valence-electron chi connectivity index (χ0n) is 24.7. The topological polar surface area (TPSA) is 84.6 Å². The molecule has 39 heavy (non-hydrogen) atoms. The van der Waals surface area contributed by atoms with Crippen molar-refractivity contribution < 1.29 is 9.53 Å². The number of carbonyl (C=O) groups is 1. The van der Waals surface area contributed by atoms with Crippen molar-refractivity contribution in [2.45, 2.75) is 80.0 Å². The van der Waals surface area contributed by atoms with E-state index < -0.39 is 0 Å². The molecule has 2 atom stereocenters. The van der Waals surface area contributed by atoms with Gasteiger partial charge in [-0.25, -0.2) is 9.97 Å². The monoisotopic (exact) mass is 529 g/mol. The second-order valence-corrected chi connectivity index (χ2v) is 11.4. The van der Waals surface area contributed by atoms with Crippen LogP contribution >= 0.6 is 0 Å². The summed E-state index contributed by atoms with van der Waals surface area (Å²) in [6.45, 7) is 19.1. The van der Waals surface area contributed by atoms with Crippen LogP contribution in [0.25, 0.3) is 11.4 Å². The van der Waals surface area contributed by atoms with Gasteiger partial charge in [0.1, 0.15) is 18.2 Å². The largest absolute Gasteiger partial charge is 0.488 e. The Morgan fingerprint density at radius 3 is 2.33 bits per heavy atom. The summed E-state index contributed by atoms with van der Waals surface area (Å²) in [5.41, 5.74) is 13.2. The number of anilines is 1. The minimum Gasteiger partial charge on any atom is -0.488 e. The minimum atomic E-state index is -0.300. The average Bonchev–Trinajstić information content (AvgIpc) is 2.85. The van der Waals surface area contributed by atoms with Crippen molar-refractivity contribution in [3.8, 4) is 17.1 Å². The predicted octanol–water partition coefficient (Wildman–Crippen LogP) is 5.46. The van der Waals surface area contributed by atoms with Crippen LogP contribution in [-0.2, 0) is 11.4 Å². The number of amides is 1. The first-order valence-corrected chi connectivity index (χ1v) is 13.9. The van der Waals surface area contributed by atoms with Crippen LogP contribution in [0.4, 0.5) is 5.82 Å².